The molecule has 0 atom stereocenters. The highest BCUT2D eigenvalue weighted by atomic mass is 32.2. The lowest BCUT2D eigenvalue weighted by Crippen LogP contribution is -2.16. The van der Waals surface area contributed by atoms with Crippen molar-refractivity contribution >= 4 is 27.6 Å². The van der Waals surface area contributed by atoms with Crippen LogP contribution in [0.3, 0.4) is 0 Å². The Balaban J connectivity index is 1.66. The van der Waals surface area contributed by atoms with Crippen LogP contribution < -0.4 is 14.8 Å². The molecule has 0 aliphatic rings. The van der Waals surface area contributed by atoms with Gasteiger partial charge < -0.3 is 10.1 Å². The van der Waals surface area contributed by atoms with Crippen LogP contribution in [0.2, 0.25) is 0 Å². The molecule has 156 valence electrons. The number of hydrogen-bond donors (Lipinski definition) is 2. The SMILES string of the molecule is COc1cccc(CC(=O)Nc2ccc(S(=O)(=O)Nc3nc(C)cc(C)n3)cc2)c1. The molecule has 0 aliphatic carbocycles. The van der Waals surface area contributed by atoms with Crippen LogP contribution in [0.1, 0.15) is 17.0 Å². The number of ether oxygens (including phenoxy) is 1. The minimum absolute atomic E-state index is 0.0168. The van der Waals surface area contributed by atoms with E-state index < -0.39 is 10.0 Å². The summed E-state index contributed by atoms with van der Waals surface area (Å²) >= 11 is 0. The third kappa shape index (κ3) is 5.54. The van der Waals surface area contributed by atoms with Gasteiger partial charge >= 0.3 is 0 Å². The van der Waals surface area contributed by atoms with Crippen LogP contribution in [0.15, 0.2) is 59.5 Å². The van der Waals surface area contributed by atoms with Crippen LogP contribution in [0, 0.1) is 13.8 Å². The van der Waals surface area contributed by atoms with E-state index in [-0.39, 0.29) is 23.2 Å². The van der Waals surface area contributed by atoms with Crippen LogP contribution in [0.25, 0.3) is 0 Å². The number of nitrogens with one attached hydrogen (secondary N) is 2. The van der Waals surface area contributed by atoms with Gasteiger partial charge in [-0.1, -0.05) is 12.1 Å². The first kappa shape index (κ1) is 21.3. The molecule has 0 fully saturated rings. The molecule has 0 aliphatic heterocycles. The molecular formula is C21H22N4O4S. The number of carbonyl (C=O) groups is 1. The Morgan fingerprint density at radius 2 is 1.67 bits per heavy atom. The number of hydrogen-bond acceptors (Lipinski definition) is 6. The summed E-state index contributed by atoms with van der Waals surface area (Å²) in [6.07, 6.45) is 0.169. The summed E-state index contributed by atoms with van der Waals surface area (Å²) in [4.78, 5) is 20.5. The molecule has 3 aromatic rings. The zero-order chi connectivity index (χ0) is 21.7. The second-order valence-electron chi connectivity index (χ2n) is 6.68. The van der Waals surface area contributed by atoms with E-state index in [1.54, 1.807) is 39.2 Å². The third-order valence-electron chi connectivity index (χ3n) is 4.16. The summed E-state index contributed by atoms with van der Waals surface area (Å²) < 4.78 is 32.7. The lowest BCUT2D eigenvalue weighted by atomic mass is 10.1. The van der Waals surface area contributed by atoms with Gasteiger partial charge in [-0.3, -0.25) is 4.79 Å². The van der Waals surface area contributed by atoms with Crippen molar-refractivity contribution in [1.82, 2.24) is 9.97 Å². The maximum absolute atomic E-state index is 12.6. The van der Waals surface area contributed by atoms with Crippen LogP contribution in [0.5, 0.6) is 5.75 Å². The molecule has 8 nitrogen and oxygen atoms in total. The number of methoxy groups -OCH3 is 1. The highest BCUT2D eigenvalue weighted by Gasteiger charge is 2.16. The summed E-state index contributed by atoms with van der Waals surface area (Å²) in [7, 11) is -2.28. The van der Waals surface area contributed by atoms with Crippen molar-refractivity contribution in [2.75, 3.05) is 17.1 Å². The summed E-state index contributed by atoms with van der Waals surface area (Å²) in [5.41, 5.74) is 2.62. The van der Waals surface area contributed by atoms with E-state index >= 15 is 0 Å². The fraction of sp³-hybridized carbons (Fsp3) is 0.190. The molecule has 0 radical (unpaired) electrons. The van der Waals surface area contributed by atoms with Crippen molar-refractivity contribution in [2.24, 2.45) is 0 Å². The molecule has 1 heterocycles. The molecule has 2 N–H and O–H groups in total. The number of anilines is 2. The molecule has 1 amide bonds. The molecule has 0 saturated heterocycles. The Labute approximate surface area is 175 Å². The lowest BCUT2D eigenvalue weighted by molar-refractivity contribution is -0.115. The minimum Gasteiger partial charge on any atom is -0.497 e. The van der Waals surface area contributed by atoms with Gasteiger partial charge in [0.15, 0.2) is 0 Å². The van der Waals surface area contributed by atoms with Crippen LogP contribution in [-0.4, -0.2) is 31.4 Å². The monoisotopic (exact) mass is 426 g/mol. The average Bonchev–Trinajstić information content (AvgIpc) is 2.67. The summed E-state index contributed by atoms with van der Waals surface area (Å²) in [5, 5.41) is 2.75. The Bertz CT molecular complexity index is 1140. The van der Waals surface area contributed by atoms with Gasteiger partial charge in [0.2, 0.25) is 11.9 Å². The third-order valence-corrected chi connectivity index (χ3v) is 5.50. The summed E-state index contributed by atoms with van der Waals surface area (Å²) in [5.74, 6) is 0.471. The number of nitrogens with zero attached hydrogens (tertiary/aromatic N) is 2. The predicted molar refractivity (Wildman–Crippen MR) is 114 cm³/mol. The van der Waals surface area contributed by atoms with Gasteiger partial charge in [0, 0.05) is 17.1 Å². The molecule has 0 unspecified atom stereocenters. The second kappa shape index (κ2) is 8.91. The predicted octanol–water partition coefficient (Wildman–Crippen LogP) is 3.08. The van der Waals surface area contributed by atoms with Crippen molar-refractivity contribution < 1.29 is 17.9 Å². The average molecular weight is 426 g/mol. The zero-order valence-electron chi connectivity index (χ0n) is 16.8. The number of rotatable bonds is 7. The van der Waals surface area contributed by atoms with E-state index in [1.165, 1.54) is 24.3 Å². The molecule has 1 aromatic heterocycles. The topological polar surface area (TPSA) is 110 Å². The van der Waals surface area contributed by atoms with Crippen molar-refractivity contribution in [3.63, 3.8) is 0 Å². The molecule has 0 saturated carbocycles. The van der Waals surface area contributed by atoms with Crippen LogP contribution in [-0.2, 0) is 21.2 Å². The number of amides is 1. The van der Waals surface area contributed by atoms with Gasteiger partial charge in [0.1, 0.15) is 5.75 Å². The maximum atomic E-state index is 12.6. The van der Waals surface area contributed by atoms with Crippen molar-refractivity contribution in [3.8, 4) is 5.75 Å². The largest absolute Gasteiger partial charge is 0.497 e. The van der Waals surface area contributed by atoms with Crippen molar-refractivity contribution in [1.29, 1.82) is 0 Å². The number of aromatic nitrogens is 2. The van der Waals surface area contributed by atoms with E-state index in [0.717, 1.165) is 5.56 Å². The Morgan fingerprint density at radius 3 is 2.30 bits per heavy atom. The summed E-state index contributed by atoms with van der Waals surface area (Å²) in [6.45, 7) is 3.52. The van der Waals surface area contributed by atoms with Crippen molar-refractivity contribution in [2.45, 2.75) is 25.2 Å². The standard InChI is InChI=1S/C21H22N4O4S/c1-14-11-15(2)23-21(22-14)25-30(27,28)19-9-7-17(8-10-19)24-20(26)13-16-5-4-6-18(12-16)29-3/h4-12H,13H2,1-3H3,(H,24,26)(H,22,23,25). The van der Waals surface area contributed by atoms with Gasteiger partial charge in [-0.2, -0.15) is 0 Å². The van der Waals surface area contributed by atoms with E-state index in [1.807, 2.05) is 12.1 Å². The Morgan fingerprint density at radius 1 is 1.00 bits per heavy atom. The lowest BCUT2D eigenvalue weighted by Gasteiger charge is -2.10. The molecule has 30 heavy (non-hydrogen) atoms. The van der Waals surface area contributed by atoms with Gasteiger partial charge in [-0.05, 0) is 61.9 Å². The highest BCUT2D eigenvalue weighted by Crippen LogP contribution is 2.18. The molecule has 0 bridgehead atoms. The van der Waals surface area contributed by atoms with E-state index in [2.05, 4.69) is 20.0 Å². The van der Waals surface area contributed by atoms with Gasteiger partial charge in [0.05, 0.1) is 18.4 Å². The first-order valence-electron chi connectivity index (χ1n) is 9.13. The maximum Gasteiger partial charge on any atom is 0.264 e. The molecule has 2 aromatic carbocycles. The minimum atomic E-state index is -3.85. The molecule has 9 heteroatoms. The zero-order valence-corrected chi connectivity index (χ0v) is 17.7. The summed E-state index contributed by atoms with van der Waals surface area (Å²) in [6, 6.07) is 14.9. The normalized spacial score (nSPS) is 11.0. The Kier molecular flexibility index (Phi) is 6.31. The second-order valence-corrected chi connectivity index (χ2v) is 8.36. The molecule has 0 spiro atoms. The number of carbonyl (C=O) groups excluding carboxylic acids is 1. The number of sulfonamides is 1. The number of aryl methyl sites for hydroxylation is 2. The fourth-order valence-electron chi connectivity index (χ4n) is 2.84. The molecular weight excluding hydrogens is 404 g/mol. The van der Waals surface area contributed by atoms with E-state index in [4.69, 9.17) is 4.74 Å². The first-order valence-corrected chi connectivity index (χ1v) is 10.6. The molecule has 3 rings (SSSR count). The van der Waals surface area contributed by atoms with E-state index in [0.29, 0.717) is 22.8 Å². The van der Waals surface area contributed by atoms with Gasteiger partial charge in [0.25, 0.3) is 10.0 Å². The van der Waals surface area contributed by atoms with Gasteiger partial charge in [-0.25, -0.2) is 23.1 Å². The first-order chi connectivity index (χ1) is 14.2. The van der Waals surface area contributed by atoms with Crippen molar-refractivity contribution in [3.05, 3.63) is 71.5 Å². The van der Waals surface area contributed by atoms with Gasteiger partial charge in [-0.15, -0.1) is 0 Å². The highest BCUT2D eigenvalue weighted by molar-refractivity contribution is 7.92. The van der Waals surface area contributed by atoms with Crippen LogP contribution in [0.4, 0.5) is 11.6 Å². The number of benzene rings is 2. The smallest absolute Gasteiger partial charge is 0.264 e. The van der Waals surface area contributed by atoms with E-state index in [9.17, 15) is 13.2 Å². The van der Waals surface area contributed by atoms with Crippen LogP contribution >= 0.6 is 0 Å². The fourth-order valence-corrected chi connectivity index (χ4v) is 3.78. The quantitative estimate of drug-likeness (QED) is 0.601. The Hall–Kier alpha value is -3.46.